The Kier molecular flexibility index (Phi) is 5.04. The van der Waals surface area contributed by atoms with Gasteiger partial charge in [0.2, 0.25) is 6.79 Å². The minimum Gasteiger partial charge on any atom is -0.497 e. The van der Waals surface area contributed by atoms with Crippen molar-refractivity contribution in [3.05, 3.63) is 53.6 Å². The number of carbonyl (C=O) groups is 1. The van der Waals surface area contributed by atoms with Crippen LogP contribution in [0.4, 0.5) is 0 Å². The molecule has 3 heterocycles. The number of hydrogen-bond donors (Lipinski definition) is 0. The van der Waals surface area contributed by atoms with Gasteiger partial charge < -0.3 is 14.2 Å². The van der Waals surface area contributed by atoms with Gasteiger partial charge in [-0.3, -0.25) is 9.69 Å². The predicted molar refractivity (Wildman–Crippen MR) is 112 cm³/mol. The molecule has 5 rings (SSSR count). The first-order chi connectivity index (χ1) is 14.7. The van der Waals surface area contributed by atoms with Gasteiger partial charge in [0.15, 0.2) is 11.5 Å². The first-order valence-electron chi connectivity index (χ1n) is 10.4. The molecule has 0 unspecified atom stereocenters. The summed E-state index contributed by atoms with van der Waals surface area (Å²) in [5.41, 5.74) is 2.90. The van der Waals surface area contributed by atoms with Crippen LogP contribution in [0.25, 0.3) is 0 Å². The molecule has 0 N–H and O–H groups in total. The number of rotatable bonds is 5. The van der Waals surface area contributed by atoms with Crippen molar-refractivity contribution in [3.63, 3.8) is 0 Å². The Morgan fingerprint density at radius 3 is 2.63 bits per heavy atom. The number of likely N-dealkylation sites (tertiary alicyclic amines) is 1. The summed E-state index contributed by atoms with van der Waals surface area (Å²) in [4.78, 5) is 15.4. The Hall–Kier alpha value is -3.06. The summed E-state index contributed by atoms with van der Waals surface area (Å²) in [7, 11) is 1.65. The Labute approximate surface area is 175 Å². The molecule has 1 fully saturated rings. The van der Waals surface area contributed by atoms with Crippen LogP contribution in [0, 0.1) is 0 Å². The summed E-state index contributed by atoms with van der Waals surface area (Å²) in [6, 6.07) is 13.5. The van der Waals surface area contributed by atoms with Gasteiger partial charge >= 0.3 is 0 Å². The average Bonchev–Trinajstić information content (AvgIpc) is 3.53. The van der Waals surface area contributed by atoms with Gasteiger partial charge in [-0.05, 0) is 73.5 Å². The van der Waals surface area contributed by atoms with Crippen molar-refractivity contribution in [1.29, 1.82) is 0 Å². The number of nitrogens with zero attached hydrogens (tertiary/aromatic N) is 3. The molecule has 3 aliphatic heterocycles. The largest absolute Gasteiger partial charge is 0.497 e. The van der Waals surface area contributed by atoms with Crippen molar-refractivity contribution in [2.45, 2.75) is 25.3 Å². The summed E-state index contributed by atoms with van der Waals surface area (Å²) < 4.78 is 16.3. The normalized spacial score (nSPS) is 20.5. The van der Waals surface area contributed by atoms with Crippen LogP contribution >= 0.6 is 0 Å². The molecule has 7 heteroatoms. The van der Waals surface area contributed by atoms with Crippen LogP contribution < -0.4 is 14.2 Å². The van der Waals surface area contributed by atoms with Gasteiger partial charge in [0.05, 0.1) is 25.4 Å². The van der Waals surface area contributed by atoms with E-state index in [-0.39, 0.29) is 18.7 Å². The molecule has 156 valence electrons. The van der Waals surface area contributed by atoms with E-state index in [4.69, 9.17) is 19.3 Å². The molecule has 0 spiro atoms. The minimum absolute atomic E-state index is 0.0306. The number of amides is 1. The van der Waals surface area contributed by atoms with E-state index < -0.39 is 0 Å². The molecule has 0 aromatic heterocycles. The van der Waals surface area contributed by atoms with Crippen molar-refractivity contribution in [2.24, 2.45) is 5.10 Å². The van der Waals surface area contributed by atoms with Crippen LogP contribution in [0.2, 0.25) is 0 Å². The van der Waals surface area contributed by atoms with Crippen molar-refractivity contribution < 1.29 is 19.0 Å². The van der Waals surface area contributed by atoms with Gasteiger partial charge in [0.1, 0.15) is 5.75 Å². The van der Waals surface area contributed by atoms with Gasteiger partial charge in [-0.25, -0.2) is 5.01 Å². The molecule has 3 aliphatic rings. The average molecular weight is 407 g/mol. The lowest BCUT2D eigenvalue weighted by Gasteiger charge is -2.24. The van der Waals surface area contributed by atoms with Crippen LogP contribution in [0.5, 0.6) is 17.2 Å². The lowest BCUT2D eigenvalue weighted by atomic mass is 9.98. The van der Waals surface area contributed by atoms with Crippen LogP contribution in [0.1, 0.15) is 36.4 Å². The SMILES string of the molecule is COc1ccc(C2=NN(C(=O)CN3CCCC3)[C@H](c3ccc4c(c3)OCO4)C2)cc1. The minimum atomic E-state index is -0.160. The monoisotopic (exact) mass is 407 g/mol. The second-order valence-electron chi connectivity index (χ2n) is 7.83. The van der Waals surface area contributed by atoms with Gasteiger partial charge in [-0.15, -0.1) is 0 Å². The van der Waals surface area contributed by atoms with E-state index in [0.717, 1.165) is 60.0 Å². The maximum absolute atomic E-state index is 13.2. The molecular formula is C23H25N3O4. The maximum Gasteiger partial charge on any atom is 0.257 e. The third kappa shape index (κ3) is 3.61. The highest BCUT2D eigenvalue weighted by atomic mass is 16.7. The van der Waals surface area contributed by atoms with E-state index in [9.17, 15) is 4.79 Å². The van der Waals surface area contributed by atoms with E-state index in [1.165, 1.54) is 0 Å². The molecular weight excluding hydrogens is 382 g/mol. The van der Waals surface area contributed by atoms with Gasteiger partial charge in [-0.2, -0.15) is 5.10 Å². The van der Waals surface area contributed by atoms with Crippen LogP contribution in [-0.2, 0) is 4.79 Å². The zero-order valence-electron chi connectivity index (χ0n) is 17.0. The molecule has 0 saturated carbocycles. The van der Waals surface area contributed by atoms with E-state index in [1.807, 2.05) is 42.5 Å². The number of hydrogen-bond acceptors (Lipinski definition) is 6. The Morgan fingerprint density at radius 1 is 1.10 bits per heavy atom. The smallest absolute Gasteiger partial charge is 0.257 e. The van der Waals surface area contributed by atoms with Crippen LogP contribution in [0.3, 0.4) is 0 Å². The third-order valence-corrected chi connectivity index (χ3v) is 5.93. The Bertz CT molecular complexity index is 967. The fourth-order valence-corrected chi connectivity index (χ4v) is 4.28. The number of hydrazone groups is 1. The summed E-state index contributed by atoms with van der Waals surface area (Å²) >= 11 is 0. The van der Waals surface area contributed by atoms with Gasteiger partial charge in [-0.1, -0.05) is 6.07 Å². The fraction of sp³-hybridized carbons (Fsp3) is 0.391. The summed E-state index contributed by atoms with van der Waals surface area (Å²) in [6.07, 6.45) is 2.95. The number of benzene rings is 2. The number of fused-ring (bicyclic) bond motifs is 1. The number of carbonyl (C=O) groups excluding carboxylic acids is 1. The molecule has 1 atom stereocenters. The lowest BCUT2D eigenvalue weighted by molar-refractivity contribution is -0.134. The van der Waals surface area contributed by atoms with E-state index in [1.54, 1.807) is 12.1 Å². The highest BCUT2D eigenvalue weighted by molar-refractivity contribution is 6.03. The van der Waals surface area contributed by atoms with Crippen molar-refractivity contribution >= 4 is 11.6 Å². The Morgan fingerprint density at radius 2 is 1.87 bits per heavy atom. The molecule has 0 aliphatic carbocycles. The van der Waals surface area contributed by atoms with E-state index in [2.05, 4.69) is 4.90 Å². The maximum atomic E-state index is 13.2. The molecule has 0 bridgehead atoms. The molecule has 2 aromatic rings. The number of methoxy groups -OCH3 is 1. The molecule has 1 amide bonds. The molecule has 2 aromatic carbocycles. The third-order valence-electron chi connectivity index (χ3n) is 5.93. The molecule has 0 radical (unpaired) electrons. The first kappa shape index (κ1) is 18.9. The number of ether oxygens (including phenoxy) is 3. The van der Waals surface area contributed by atoms with Crippen molar-refractivity contribution in [1.82, 2.24) is 9.91 Å². The van der Waals surface area contributed by atoms with Crippen molar-refractivity contribution in [3.8, 4) is 17.2 Å². The van der Waals surface area contributed by atoms with Gasteiger partial charge in [0.25, 0.3) is 5.91 Å². The highest BCUT2D eigenvalue weighted by Gasteiger charge is 2.34. The van der Waals surface area contributed by atoms with Gasteiger partial charge in [0, 0.05) is 6.42 Å². The lowest BCUT2D eigenvalue weighted by Crippen LogP contribution is -2.36. The van der Waals surface area contributed by atoms with Crippen LogP contribution in [0.15, 0.2) is 47.6 Å². The quantitative estimate of drug-likeness (QED) is 0.762. The van der Waals surface area contributed by atoms with E-state index >= 15 is 0 Å². The second kappa shape index (κ2) is 7.99. The first-order valence-corrected chi connectivity index (χ1v) is 10.4. The standard InChI is InChI=1S/C23H25N3O4/c1-28-18-7-4-16(5-8-18)19-13-20(17-6-9-21-22(12-17)30-15-29-21)26(24-19)23(27)14-25-10-2-3-11-25/h4-9,12,20H,2-3,10-11,13-15H2,1H3/t20-/m0/s1. The second-order valence-corrected chi connectivity index (χ2v) is 7.83. The molecule has 30 heavy (non-hydrogen) atoms. The van der Waals surface area contributed by atoms with E-state index in [0.29, 0.717) is 13.0 Å². The van der Waals surface area contributed by atoms with Crippen molar-refractivity contribution in [2.75, 3.05) is 33.5 Å². The summed E-state index contributed by atoms with van der Waals surface area (Å²) in [5.74, 6) is 2.29. The fourth-order valence-electron chi connectivity index (χ4n) is 4.28. The zero-order valence-corrected chi connectivity index (χ0v) is 17.0. The summed E-state index contributed by atoms with van der Waals surface area (Å²) in [5, 5.41) is 6.43. The predicted octanol–water partition coefficient (Wildman–Crippen LogP) is 3.20. The highest BCUT2D eigenvalue weighted by Crippen LogP contribution is 2.39. The van der Waals surface area contributed by atoms with Crippen LogP contribution in [-0.4, -0.2) is 55.1 Å². The summed E-state index contributed by atoms with van der Waals surface area (Å²) in [6.45, 7) is 2.59. The molecule has 7 nitrogen and oxygen atoms in total. The zero-order chi connectivity index (χ0) is 20.5. The topological polar surface area (TPSA) is 63.6 Å². The molecule has 1 saturated heterocycles. The Balaban J connectivity index is 1.44.